The van der Waals surface area contributed by atoms with Crippen LogP contribution in [-0.4, -0.2) is 31.1 Å². The molecule has 2 nitrogen and oxygen atoms in total. The maximum atomic E-state index is 6.07. The van der Waals surface area contributed by atoms with Crippen molar-refractivity contribution in [3.8, 4) is 0 Å². The van der Waals surface area contributed by atoms with Gasteiger partial charge in [-0.3, -0.25) is 4.90 Å². The molecule has 1 aliphatic heterocycles. The molecule has 0 amide bonds. The Morgan fingerprint density at radius 2 is 2.28 bits per heavy atom. The van der Waals surface area contributed by atoms with Crippen molar-refractivity contribution in [1.29, 1.82) is 0 Å². The Morgan fingerprint density at radius 1 is 1.50 bits per heavy atom. The molecule has 104 valence electrons. The molecular formula is C12H19BrCl2N2S. The molecule has 1 aliphatic rings. The van der Waals surface area contributed by atoms with Crippen molar-refractivity contribution >= 4 is 51.3 Å². The van der Waals surface area contributed by atoms with Gasteiger partial charge in [-0.1, -0.05) is 11.6 Å². The highest BCUT2D eigenvalue weighted by molar-refractivity contribution is 9.10. The molecule has 1 aromatic heterocycles. The van der Waals surface area contributed by atoms with Gasteiger partial charge in [0.25, 0.3) is 0 Å². The lowest BCUT2D eigenvalue weighted by Crippen LogP contribution is -2.31. The lowest BCUT2D eigenvalue weighted by molar-refractivity contribution is 0.218. The first-order valence-corrected chi connectivity index (χ1v) is 8.00. The number of nitrogens with zero attached hydrogens (tertiary/aromatic N) is 1. The molecule has 1 N–H and O–H groups in total. The second kappa shape index (κ2) is 8.08. The fourth-order valence-electron chi connectivity index (χ4n) is 2.29. The lowest BCUT2D eigenvalue weighted by atomic mass is 10.1. The van der Waals surface area contributed by atoms with Crippen molar-refractivity contribution in [2.45, 2.75) is 31.8 Å². The summed E-state index contributed by atoms with van der Waals surface area (Å²) in [6.07, 6.45) is 3.82. The van der Waals surface area contributed by atoms with Crippen LogP contribution in [0.5, 0.6) is 0 Å². The van der Waals surface area contributed by atoms with Crippen molar-refractivity contribution in [3.63, 3.8) is 0 Å². The van der Waals surface area contributed by atoms with Gasteiger partial charge in [0.05, 0.1) is 0 Å². The molecule has 0 radical (unpaired) electrons. The predicted molar refractivity (Wildman–Crippen MR) is 86.3 cm³/mol. The largest absolute Gasteiger partial charge is 0.317 e. The maximum absolute atomic E-state index is 6.07. The number of thiophene rings is 1. The molecule has 18 heavy (non-hydrogen) atoms. The van der Waals surface area contributed by atoms with Crippen LogP contribution >= 0.6 is 51.3 Å². The minimum absolute atomic E-state index is 0. The van der Waals surface area contributed by atoms with Crippen LogP contribution < -0.4 is 5.32 Å². The molecule has 2 rings (SSSR count). The summed E-state index contributed by atoms with van der Waals surface area (Å²) in [5.41, 5.74) is 0. The van der Waals surface area contributed by atoms with Gasteiger partial charge in [0.1, 0.15) is 4.34 Å². The monoisotopic (exact) mass is 372 g/mol. The van der Waals surface area contributed by atoms with E-state index in [4.69, 9.17) is 11.6 Å². The smallest absolute Gasteiger partial charge is 0.107 e. The first-order chi connectivity index (χ1) is 8.16. The summed E-state index contributed by atoms with van der Waals surface area (Å²) < 4.78 is 1.88. The zero-order chi connectivity index (χ0) is 12.3. The topological polar surface area (TPSA) is 15.3 Å². The molecule has 1 unspecified atom stereocenters. The summed E-state index contributed by atoms with van der Waals surface area (Å²) in [5, 5.41) is 3.46. The van der Waals surface area contributed by atoms with Crippen LogP contribution in [0.1, 0.15) is 24.1 Å². The van der Waals surface area contributed by atoms with Crippen LogP contribution in [0.25, 0.3) is 0 Å². The van der Waals surface area contributed by atoms with Crippen molar-refractivity contribution < 1.29 is 0 Å². The Balaban J connectivity index is 0.00000162. The Kier molecular flexibility index (Phi) is 7.51. The van der Waals surface area contributed by atoms with Gasteiger partial charge in [-0.15, -0.1) is 23.7 Å². The number of hydrogen-bond acceptors (Lipinski definition) is 3. The van der Waals surface area contributed by atoms with Gasteiger partial charge in [0, 0.05) is 21.9 Å². The third-order valence-electron chi connectivity index (χ3n) is 3.27. The third kappa shape index (κ3) is 4.66. The summed E-state index contributed by atoms with van der Waals surface area (Å²) in [6.45, 7) is 3.31. The van der Waals surface area contributed by atoms with Crippen LogP contribution in [0.15, 0.2) is 10.5 Å². The van der Waals surface area contributed by atoms with Crippen molar-refractivity contribution in [3.05, 3.63) is 19.8 Å². The molecule has 6 heteroatoms. The highest BCUT2D eigenvalue weighted by Gasteiger charge is 2.17. The average Bonchev–Trinajstić information content (AvgIpc) is 2.54. The maximum Gasteiger partial charge on any atom is 0.107 e. The Morgan fingerprint density at radius 3 is 2.94 bits per heavy atom. The quantitative estimate of drug-likeness (QED) is 0.855. The van der Waals surface area contributed by atoms with Gasteiger partial charge in [0.15, 0.2) is 0 Å². The Hall–Kier alpha value is 0.680. The standard InChI is InChI=1S/C12H18BrClN2S.ClH/c1-16(9-3-2-5-15-6-4-9)8-10-7-11(13)12(14)17-10;/h7,9,15H,2-6,8H2,1H3;1H. The normalized spacial score (nSPS) is 20.6. The predicted octanol–water partition coefficient (Wildman–Crippen LogP) is 4.16. The van der Waals surface area contributed by atoms with Crippen LogP contribution in [0.4, 0.5) is 0 Å². The summed E-state index contributed by atoms with van der Waals surface area (Å²) in [7, 11) is 2.22. The van der Waals surface area contributed by atoms with Gasteiger partial charge in [-0.25, -0.2) is 0 Å². The molecule has 1 aromatic rings. The molecule has 1 saturated heterocycles. The highest BCUT2D eigenvalue weighted by atomic mass is 79.9. The molecule has 0 spiro atoms. The van der Waals surface area contributed by atoms with E-state index in [9.17, 15) is 0 Å². The van der Waals surface area contributed by atoms with E-state index in [-0.39, 0.29) is 12.4 Å². The zero-order valence-corrected chi connectivity index (χ0v) is 14.4. The van der Waals surface area contributed by atoms with Gasteiger partial charge in [0.2, 0.25) is 0 Å². The van der Waals surface area contributed by atoms with Crippen LogP contribution in [-0.2, 0) is 6.54 Å². The van der Waals surface area contributed by atoms with Crippen molar-refractivity contribution in [2.24, 2.45) is 0 Å². The number of hydrogen-bond donors (Lipinski definition) is 1. The van der Waals surface area contributed by atoms with E-state index in [1.807, 2.05) is 0 Å². The fourth-order valence-corrected chi connectivity index (χ4v) is 4.14. The second-order valence-corrected chi connectivity index (χ2v) is 7.18. The number of nitrogens with one attached hydrogen (secondary N) is 1. The van der Waals surface area contributed by atoms with Crippen LogP contribution in [0, 0.1) is 0 Å². The number of halogens is 3. The molecule has 1 fully saturated rings. The second-order valence-electron chi connectivity index (χ2n) is 4.58. The van der Waals surface area contributed by atoms with E-state index in [0.717, 1.165) is 21.9 Å². The third-order valence-corrected chi connectivity index (χ3v) is 5.73. The molecule has 0 aromatic carbocycles. The molecule has 1 atom stereocenters. The van der Waals surface area contributed by atoms with E-state index in [2.05, 4.69) is 39.3 Å². The van der Waals surface area contributed by atoms with Gasteiger partial charge in [-0.05, 0) is 61.4 Å². The fraction of sp³-hybridized carbons (Fsp3) is 0.667. The minimum atomic E-state index is 0. The zero-order valence-electron chi connectivity index (χ0n) is 10.4. The van der Waals surface area contributed by atoms with E-state index in [1.165, 1.54) is 30.7 Å². The SMILES string of the molecule is CN(Cc1cc(Br)c(Cl)s1)C1CCCNCC1.Cl. The average molecular weight is 374 g/mol. The van der Waals surface area contributed by atoms with E-state index >= 15 is 0 Å². The van der Waals surface area contributed by atoms with Crippen LogP contribution in [0.3, 0.4) is 0 Å². The highest BCUT2D eigenvalue weighted by Crippen LogP contribution is 2.32. The Bertz CT molecular complexity index is 345. The van der Waals surface area contributed by atoms with E-state index in [1.54, 1.807) is 11.3 Å². The summed E-state index contributed by atoms with van der Waals surface area (Å²) >= 11 is 11.2. The number of rotatable bonds is 3. The molecular weight excluding hydrogens is 355 g/mol. The molecule has 0 aliphatic carbocycles. The van der Waals surface area contributed by atoms with Gasteiger partial charge < -0.3 is 5.32 Å². The van der Waals surface area contributed by atoms with E-state index in [0.29, 0.717) is 6.04 Å². The van der Waals surface area contributed by atoms with E-state index < -0.39 is 0 Å². The Labute approximate surface area is 133 Å². The molecule has 0 saturated carbocycles. The summed E-state index contributed by atoms with van der Waals surface area (Å²) in [6, 6.07) is 2.84. The lowest BCUT2D eigenvalue weighted by Gasteiger charge is -2.26. The molecule has 0 bridgehead atoms. The first-order valence-electron chi connectivity index (χ1n) is 6.01. The van der Waals surface area contributed by atoms with Crippen LogP contribution in [0.2, 0.25) is 4.34 Å². The molecule has 2 heterocycles. The summed E-state index contributed by atoms with van der Waals surface area (Å²) in [5.74, 6) is 0. The van der Waals surface area contributed by atoms with Gasteiger partial charge in [-0.2, -0.15) is 0 Å². The summed E-state index contributed by atoms with van der Waals surface area (Å²) in [4.78, 5) is 3.79. The van der Waals surface area contributed by atoms with Crippen molar-refractivity contribution in [1.82, 2.24) is 10.2 Å². The first kappa shape index (κ1) is 16.7. The van der Waals surface area contributed by atoms with Crippen molar-refractivity contribution in [2.75, 3.05) is 20.1 Å². The van der Waals surface area contributed by atoms with Gasteiger partial charge >= 0.3 is 0 Å². The minimum Gasteiger partial charge on any atom is -0.317 e.